The molecular weight excluding hydrogens is 230 g/mol. The molecule has 0 saturated carbocycles. The first-order valence-corrected chi connectivity index (χ1v) is 6.38. The number of aliphatic hydroxyl groups excluding tert-OH is 1. The molecule has 1 aromatic heterocycles. The van der Waals surface area contributed by atoms with Crippen LogP contribution in [0.5, 0.6) is 0 Å². The highest BCUT2D eigenvalue weighted by Crippen LogP contribution is 2.21. The molecule has 0 bridgehead atoms. The molecule has 4 heteroatoms. The molecule has 1 heterocycles. The van der Waals surface area contributed by atoms with Crippen LogP contribution in [-0.4, -0.2) is 18.3 Å². The molecule has 0 fully saturated rings. The van der Waals surface area contributed by atoms with Crippen molar-refractivity contribution in [2.24, 2.45) is 11.8 Å². The molecule has 1 aromatic rings. The van der Waals surface area contributed by atoms with Crippen LogP contribution in [-0.2, 0) is 6.54 Å². The Labute approximate surface area is 100 Å². The van der Waals surface area contributed by atoms with E-state index in [1.165, 1.54) is 4.88 Å². The first-order chi connectivity index (χ1) is 7.13. The number of aliphatic hydroxyl groups is 1. The first-order valence-electron chi connectivity index (χ1n) is 5.19. The fourth-order valence-electron chi connectivity index (χ4n) is 1.34. The van der Waals surface area contributed by atoms with Crippen LogP contribution in [0.3, 0.4) is 0 Å². The fraction of sp³-hybridized carbons (Fsp3) is 0.636. The molecule has 0 aliphatic carbocycles. The van der Waals surface area contributed by atoms with Crippen molar-refractivity contribution in [3.8, 4) is 0 Å². The maximum Gasteiger partial charge on any atom is 0.0931 e. The van der Waals surface area contributed by atoms with E-state index in [1.807, 2.05) is 12.1 Å². The van der Waals surface area contributed by atoms with Crippen LogP contribution in [0.1, 0.15) is 18.7 Å². The number of hydrogen-bond acceptors (Lipinski definition) is 3. The van der Waals surface area contributed by atoms with Crippen molar-refractivity contribution in [1.29, 1.82) is 0 Å². The Kier molecular flexibility index (Phi) is 5.61. The van der Waals surface area contributed by atoms with Gasteiger partial charge in [0.05, 0.1) is 4.34 Å². The van der Waals surface area contributed by atoms with Gasteiger partial charge in [0, 0.05) is 24.6 Å². The largest absolute Gasteiger partial charge is 0.396 e. The van der Waals surface area contributed by atoms with Crippen LogP contribution in [0.2, 0.25) is 4.34 Å². The normalized spacial score (nSPS) is 13.4. The van der Waals surface area contributed by atoms with Crippen molar-refractivity contribution in [2.75, 3.05) is 13.2 Å². The van der Waals surface area contributed by atoms with E-state index in [9.17, 15) is 0 Å². The maximum atomic E-state index is 9.14. The zero-order valence-electron chi connectivity index (χ0n) is 9.16. The van der Waals surface area contributed by atoms with Crippen LogP contribution in [0.15, 0.2) is 12.1 Å². The highest BCUT2D eigenvalue weighted by atomic mass is 35.5. The van der Waals surface area contributed by atoms with Gasteiger partial charge in [0.15, 0.2) is 0 Å². The van der Waals surface area contributed by atoms with Crippen LogP contribution in [0.25, 0.3) is 0 Å². The number of thiophene rings is 1. The average molecular weight is 248 g/mol. The second-order valence-corrected chi connectivity index (χ2v) is 5.82. The van der Waals surface area contributed by atoms with Gasteiger partial charge in [-0.1, -0.05) is 25.4 Å². The zero-order chi connectivity index (χ0) is 11.3. The van der Waals surface area contributed by atoms with Gasteiger partial charge in [-0.3, -0.25) is 0 Å². The second kappa shape index (κ2) is 6.48. The van der Waals surface area contributed by atoms with Crippen molar-refractivity contribution in [3.63, 3.8) is 0 Å². The number of hydrogen-bond donors (Lipinski definition) is 2. The van der Waals surface area contributed by atoms with Gasteiger partial charge in [0.1, 0.15) is 0 Å². The first kappa shape index (κ1) is 13.0. The highest BCUT2D eigenvalue weighted by Gasteiger charge is 2.11. The van der Waals surface area contributed by atoms with Gasteiger partial charge in [0.25, 0.3) is 0 Å². The van der Waals surface area contributed by atoms with Crippen molar-refractivity contribution in [3.05, 3.63) is 21.3 Å². The molecule has 0 aliphatic heterocycles. The Morgan fingerprint density at radius 2 is 2.20 bits per heavy atom. The monoisotopic (exact) mass is 247 g/mol. The minimum atomic E-state index is 0.246. The van der Waals surface area contributed by atoms with Crippen LogP contribution in [0, 0.1) is 11.8 Å². The molecule has 1 rings (SSSR count). The number of rotatable bonds is 6. The second-order valence-electron chi connectivity index (χ2n) is 4.02. The van der Waals surface area contributed by atoms with Crippen molar-refractivity contribution in [2.45, 2.75) is 20.4 Å². The Hall–Kier alpha value is -0.0900. The van der Waals surface area contributed by atoms with E-state index < -0.39 is 0 Å². The van der Waals surface area contributed by atoms with Crippen molar-refractivity contribution in [1.82, 2.24) is 5.32 Å². The lowest BCUT2D eigenvalue weighted by molar-refractivity contribution is 0.186. The van der Waals surface area contributed by atoms with E-state index in [4.69, 9.17) is 16.7 Å². The molecule has 1 unspecified atom stereocenters. The maximum absolute atomic E-state index is 9.14. The van der Waals surface area contributed by atoms with Gasteiger partial charge in [-0.2, -0.15) is 0 Å². The predicted octanol–water partition coefficient (Wildman–Crippen LogP) is 2.76. The fourth-order valence-corrected chi connectivity index (χ4v) is 2.40. The molecular formula is C11H18ClNOS. The third-order valence-corrected chi connectivity index (χ3v) is 3.74. The predicted molar refractivity (Wildman–Crippen MR) is 66.4 cm³/mol. The molecule has 15 heavy (non-hydrogen) atoms. The van der Waals surface area contributed by atoms with E-state index in [2.05, 4.69) is 19.2 Å². The van der Waals surface area contributed by atoms with E-state index in [-0.39, 0.29) is 6.61 Å². The van der Waals surface area contributed by atoms with Gasteiger partial charge in [-0.25, -0.2) is 0 Å². The highest BCUT2D eigenvalue weighted by molar-refractivity contribution is 7.16. The number of nitrogens with one attached hydrogen (secondary N) is 1. The van der Waals surface area contributed by atoms with Gasteiger partial charge in [0.2, 0.25) is 0 Å². The minimum absolute atomic E-state index is 0.246. The molecule has 86 valence electrons. The Morgan fingerprint density at radius 3 is 2.67 bits per heavy atom. The van der Waals surface area contributed by atoms with Crippen LogP contribution in [0.4, 0.5) is 0 Å². The van der Waals surface area contributed by atoms with Gasteiger partial charge in [-0.05, 0) is 24.0 Å². The summed E-state index contributed by atoms with van der Waals surface area (Å²) in [6.45, 7) is 6.19. The topological polar surface area (TPSA) is 32.3 Å². The molecule has 1 atom stereocenters. The smallest absolute Gasteiger partial charge is 0.0931 e. The van der Waals surface area contributed by atoms with Crippen LogP contribution >= 0.6 is 22.9 Å². The molecule has 0 radical (unpaired) electrons. The van der Waals surface area contributed by atoms with E-state index in [0.717, 1.165) is 17.4 Å². The number of halogens is 1. The summed E-state index contributed by atoms with van der Waals surface area (Å²) in [5.74, 6) is 0.842. The summed E-state index contributed by atoms with van der Waals surface area (Å²) in [5.41, 5.74) is 0. The summed E-state index contributed by atoms with van der Waals surface area (Å²) in [5, 5.41) is 12.5. The Morgan fingerprint density at radius 1 is 1.47 bits per heavy atom. The molecule has 2 nitrogen and oxygen atoms in total. The lowest BCUT2D eigenvalue weighted by Crippen LogP contribution is -2.28. The lowest BCUT2D eigenvalue weighted by Gasteiger charge is -2.18. The summed E-state index contributed by atoms with van der Waals surface area (Å²) in [4.78, 5) is 1.24. The van der Waals surface area contributed by atoms with E-state index in [0.29, 0.717) is 11.8 Å². The Bertz CT molecular complexity index is 288. The van der Waals surface area contributed by atoms with Crippen molar-refractivity contribution < 1.29 is 5.11 Å². The molecule has 0 aliphatic rings. The SMILES string of the molecule is CC(C)C(CO)CNCc1ccc(Cl)s1. The van der Waals surface area contributed by atoms with E-state index in [1.54, 1.807) is 11.3 Å². The quantitative estimate of drug-likeness (QED) is 0.810. The molecule has 0 spiro atoms. The Balaban J connectivity index is 2.26. The third-order valence-electron chi connectivity index (χ3n) is 2.51. The zero-order valence-corrected chi connectivity index (χ0v) is 10.7. The third kappa shape index (κ3) is 4.51. The summed E-state index contributed by atoms with van der Waals surface area (Å²) in [6.07, 6.45) is 0. The average Bonchev–Trinajstić information content (AvgIpc) is 2.58. The lowest BCUT2D eigenvalue weighted by atomic mass is 9.97. The van der Waals surface area contributed by atoms with Gasteiger partial charge in [-0.15, -0.1) is 11.3 Å². The molecule has 2 N–H and O–H groups in total. The minimum Gasteiger partial charge on any atom is -0.396 e. The molecule has 0 saturated heterocycles. The molecule has 0 amide bonds. The van der Waals surface area contributed by atoms with E-state index >= 15 is 0 Å². The van der Waals surface area contributed by atoms with Gasteiger partial charge < -0.3 is 10.4 Å². The summed E-state index contributed by atoms with van der Waals surface area (Å²) in [6, 6.07) is 3.94. The molecule has 0 aromatic carbocycles. The van der Waals surface area contributed by atoms with Crippen molar-refractivity contribution >= 4 is 22.9 Å². The standard InChI is InChI=1S/C11H18ClNOS/c1-8(2)9(7-14)5-13-6-10-3-4-11(12)15-10/h3-4,8-9,13-14H,5-7H2,1-2H3. The summed E-state index contributed by atoms with van der Waals surface area (Å²) in [7, 11) is 0. The van der Waals surface area contributed by atoms with Crippen LogP contribution < -0.4 is 5.32 Å². The summed E-state index contributed by atoms with van der Waals surface area (Å²) >= 11 is 7.43. The summed E-state index contributed by atoms with van der Waals surface area (Å²) < 4.78 is 0.828. The van der Waals surface area contributed by atoms with Gasteiger partial charge >= 0.3 is 0 Å².